The first-order valence-electron chi connectivity index (χ1n) is 9.50. The van der Waals surface area contributed by atoms with E-state index >= 15 is 0 Å². The van der Waals surface area contributed by atoms with Crippen molar-refractivity contribution in [3.8, 4) is 5.75 Å². The number of aliphatic imine (C=N–C) groups is 1. The van der Waals surface area contributed by atoms with Crippen LogP contribution >= 0.6 is 0 Å². The Kier molecular flexibility index (Phi) is 6.31. The summed E-state index contributed by atoms with van der Waals surface area (Å²) in [5.41, 5.74) is 6.74. The fourth-order valence-corrected chi connectivity index (χ4v) is 3.53. The summed E-state index contributed by atoms with van der Waals surface area (Å²) in [5.74, 6) is -0.253. The maximum absolute atomic E-state index is 13.3. The van der Waals surface area contributed by atoms with Gasteiger partial charge >= 0.3 is 6.61 Å². The van der Waals surface area contributed by atoms with E-state index in [4.69, 9.17) is 12.3 Å². The second kappa shape index (κ2) is 8.91. The molecule has 0 radical (unpaired) electrons. The summed E-state index contributed by atoms with van der Waals surface area (Å²) >= 11 is 0. The number of carbonyl (C=O) groups excluding carboxylic acids is 1. The van der Waals surface area contributed by atoms with E-state index < -0.39 is 12.2 Å². The number of aryl methyl sites for hydroxylation is 1. The number of carbonyl (C=O) groups is 1. The normalized spacial score (nSPS) is 18.4. The molecule has 2 N–H and O–H groups in total. The number of guanidine groups is 1. The Hall–Kier alpha value is -3.47. The van der Waals surface area contributed by atoms with Gasteiger partial charge in [-0.2, -0.15) is 8.78 Å². The van der Waals surface area contributed by atoms with Crippen LogP contribution < -0.4 is 10.5 Å². The third-order valence-corrected chi connectivity index (χ3v) is 5.07. The highest BCUT2D eigenvalue weighted by Gasteiger charge is 2.49. The molecular formula is C22H22F2N4O2. The molecule has 2 aromatic carbocycles. The van der Waals surface area contributed by atoms with E-state index in [9.17, 15) is 13.6 Å². The van der Waals surface area contributed by atoms with Crippen LogP contribution in [0.25, 0.3) is 4.85 Å². The molecule has 0 bridgehead atoms. The highest BCUT2D eigenvalue weighted by Crippen LogP contribution is 2.40. The molecule has 1 aliphatic heterocycles. The van der Waals surface area contributed by atoms with E-state index in [1.54, 1.807) is 25.2 Å². The summed E-state index contributed by atoms with van der Waals surface area (Å²) < 4.78 is 29.4. The molecule has 2 aromatic rings. The smallest absolute Gasteiger partial charge is 0.387 e. The van der Waals surface area contributed by atoms with Gasteiger partial charge in [-0.25, -0.2) is 11.6 Å². The van der Waals surface area contributed by atoms with E-state index in [1.807, 2.05) is 18.2 Å². The van der Waals surface area contributed by atoms with Crippen molar-refractivity contribution in [1.29, 1.82) is 0 Å². The Balaban J connectivity index is 2.01. The number of rotatable bonds is 8. The van der Waals surface area contributed by atoms with Gasteiger partial charge in [0.1, 0.15) is 5.75 Å². The lowest BCUT2D eigenvalue weighted by molar-refractivity contribution is -0.129. The number of nitrogens with two attached hydrogens (primary N) is 1. The summed E-state index contributed by atoms with van der Waals surface area (Å²) in [4.78, 5) is 22.4. The molecule has 0 saturated heterocycles. The first-order valence-corrected chi connectivity index (χ1v) is 9.50. The summed E-state index contributed by atoms with van der Waals surface area (Å²) in [6.07, 6.45) is 2.43. The number of hydrogen-bond acceptors (Lipinski definition) is 4. The zero-order valence-corrected chi connectivity index (χ0v) is 16.5. The molecule has 1 aliphatic rings. The molecule has 156 valence electrons. The maximum atomic E-state index is 13.3. The van der Waals surface area contributed by atoms with Crippen LogP contribution in [0.4, 0.5) is 8.78 Å². The lowest BCUT2D eigenvalue weighted by atomic mass is 9.82. The van der Waals surface area contributed by atoms with Crippen LogP contribution in [0.5, 0.6) is 5.75 Å². The molecule has 0 saturated carbocycles. The molecule has 0 spiro atoms. The molecular weight excluding hydrogens is 390 g/mol. The summed E-state index contributed by atoms with van der Waals surface area (Å²) in [6, 6.07) is 13.4. The van der Waals surface area contributed by atoms with Gasteiger partial charge in [-0.1, -0.05) is 36.4 Å². The fourth-order valence-electron chi connectivity index (χ4n) is 3.53. The number of alkyl halides is 2. The van der Waals surface area contributed by atoms with Crippen LogP contribution in [0, 0.1) is 6.57 Å². The minimum absolute atomic E-state index is 0.00629. The molecule has 1 atom stereocenters. The molecule has 8 heteroatoms. The Morgan fingerprint density at radius 2 is 1.93 bits per heavy atom. The monoisotopic (exact) mass is 412 g/mol. The van der Waals surface area contributed by atoms with Gasteiger partial charge < -0.3 is 15.3 Å². The van der Waals surface area contributed by atoms with Crippen molar-refractivity contribution in [2.75, 3.05) is 13.6 Å². The highest BCUT2D eigenvalue weighted by atomic mass is 19.3. The van der Waals surface area contributed by atoms with Gasteiger partial charge in [0.05, 0.1) is 0 Å². The van der Waals surface area contributed by atoms with Crippen molar-refractivity contribution in [3.63, 3.8) is 0 Å². The number of benzene rings is 2. The summed E-state index contributed by atoms with van der Waals surface area (Å²) in [7, 11) is 1.55. The number of nitrogens with zero attached hydrogens (tertiary/aromatic N) is 3. The van der Waals surface area contributed by atoms with E-state index in [-0.39, 0.29) is 17.6 Å². The molecule has 0 aromatic heterocycles. The minimum atomic E-state index is -2.93. The van der Waals surface area contributed by atoms with Crippen LogP contribution in [0.1, 0.15) is 29.5 Å². The predicted molar refractivity (Wildman–Crippen MR) is 109 cm³/mol. The van der Waals surface area contributed by atoms with Gasteiger partial charge in [0.25, 0.3) is 5.91 Å². The van der Waals surface area contributed by atoms with Gasteiger partial charge in [0.2, 0.25) is 6.54 Å². The molecule has 30 heavy (non-hydrogen) atoms. The van der Waals surface area contributed by atoms with Crippen molar-refractivity contribution in [3.05, 3.63) is 76.6 Å². The van der Waals surface area contributed by atoms with E-state index in [2.05, 4.69) is 14.6 Å². The topological polar surface area (TPSA) is 72.3 Å². The second-order valence-electron chi connectivity index (χ2n) is 6.99. The predicted octanol–water partition coefficient (Wildman–Crippen LogP) is 3.56. The van der Waals surface area contributed by atoms with Gasteiger partial charge in [0.15, 0.2) is 11.5 Å². The third kappa shape index (κ3) is 4.10. The summed E-state index contributed by atoms with van der Waals surface area (Å²) in [6.45, 7) is 4.43. The Morgan fingerprint density at radius 1 is 1.20 bits per heavy atom. The first kappa shape index (κ1) is 21.2. The number of amides is 1. The number of likely N-dealkylation sites (N-methyl/N-ethyl adjacent to an activating group) is 1. The molecule has 1 heterocycles. The van der Waals surface area contributed by atoms with E-state index in [1.165, 1.54) is 17.0 Å². The summed E-state index contributed by atoms with van der Waals surface area (Å²) in [5, 5.41) is 0. The molecule has 0 aliphatic carbocycles. The van der Waals surface area contributed by atoms with Gasteiger partial charge in [-0.3, -0.25) is 9.69 Å². The van der Waals surface area contributed by atoms with Crippen molar-refractivity contribution < 1.29 is 18.3 Å². The van der Waals surface area contributed by atoms with Crippen molar-refractivity contribution in [1.82, 2.24) is 4.90 Å². The zero-order chi connectivity index (χ0) is 21.7. The van der Waals surface area contributed by atoms with Crippen LogP contribution in [0.15, 0.2) is 53.5 Å². The highest BCUT2D eigenvalue weighted by molar-refractivity contribution is 6.08. The lowest BCUT2D eigenvalue weighted by Gasteiger charge is -2.26. The van der Waals surface area contributed by atoms with Crippen molar-refractivity contribution in [2.45, 2.75) is 31.4 Å². The maximum Gasteiger partial charge on any atom is 0.387 e. The molecule has 6 nitrogen and oxygen atoms in total. The van der Waals surface area contributed by atoms with Crippen LogP contribution in [0.2, 0.25) is 0 Å². The first-order chi connectivity index (χ1) is 14.4. The average molecular weight is 412 g/mol. The number of unbranched alkanes of at least 4 members (excludes halogenated alkanes) is 1. The van der Waals surface area contributed by atoms with Gasteiger partial charge in [-0.15, -0.1) is 0 Å². The third-order valence-electron chi connectivity index (χ3n) is 5.07. The quantitative estimate of drug-likeness (QED) is 0.532. The Morgan fingerprint density at radius 3 is 2.53 bits per heavy atom. The van der Waals surface area contributed by atoms with Crippen molar-refractivity contribution >= 4 is 11.9 Å². The Labute approximate surface area is 173 Å². The Bertz CT molecular complexity index is 985. The minimum Gasteiger partial charge on any atom is -0.435 e. The van der Waals surface area contributed by atoms with Gasteiger partial charge in [0, 0.05) is 13.5 Å². The number of ether oxygens (including phenoxy) is 1. The fraction of sp³-hybridized carbons (Fsp3) is 0.318. The lowest BCUT2D eigenvalue weighted by Crippen LogP contribution is -2.41. The standard InChI is InChI=1S/C22H22F2N4O2/c1-26-13-4-3-6-15-7-5-8-17(14-15)22(19(29)28(2)21(25)27-22)16-9-11-18(12-10-16)30-20(23)24/h5,7-12,14,20H,3-4,6,13H2,2H3,(H2,25,27). The van der Waals surface area contributed by atoms with E-state index in [0.717, 1.165) is 24.8 Å². The zero-order valence-electron chi connectivity index (χ0n) is 16.5. The largest absolute Gasteiger partial charge is 0.435 e. The molecule has 3 rings (SSSR count). The van der Waals surface area contributed by atoms with Gasteiger partial charge in [-0.05, 0) is 41.7 Å². The molecule has 1 amide bonds. The van der Waals surface area contributed by atoms with Crippen LogP contribution in [0.3, 0.4) is 0 Å². The van der Waals surface area contributed by atoms with Crippen LogP contribution in [-0.2, 0) is 16.8 Å². The average Bonchev–Trinajstić information content (AvgIpc) is 2.96. The molecule has 1 unspecified atom stereocenters. The van der Waals surface area contributed by atoms with E-state index in [0.29, 0.717) is 17.7 Å². The second-order valence-corrected chi connectivity index (χ2v) is 6.99. The SMILES string of the molecule is [C-]#[N+]CCCCc1cccc(C2(c3ccc(OC(F)F)cc3)N=C(N)N(C)C2=O)c1. The van der Waals surface area contributed by atoms with Crippen LogP contribution in [-0.4, -0.2) is 37.0 Å². The number of halogens is 2. The molecule has 0 fully saturated rings. The number of hydrogen-bond donors (Lipinski definition) is 1. The van der Waals surface area contributed by atoms with Crippen molar-refractivity contribution in [2.24, 2.45) is 10.7 Å².